The highest BCUT2D eigenvalue weighted by molar-refractivity contribution is 5.93. The average Bonchev–Trinajstić information content (AvgIpc) is 1.99. The van der Waals surface area contributed by atoms with Gasteiger partial charge < -0.3 is 0 Å². The summed E-state index contributed by atoms with van der Waals surface area (Å²) in [5.74, 6) is 0.763. The van der Waals surface area contributed by atoms with Crippen LogP contribution in [0.4, 0.5) is 0 Å². The van der Waals surface area contributed by atoms with Gasteiger partial charge >= 0.3 is 0 Å². The van der Waals surface area contributed by atoms with Crippen molar-refractivity contribution in [2.75, 3.05) is 0 Å². The van der Waals surface area contributed by atoms with Gasteiger partial charge in [-0.2, -0.15) is 0 Å². The van der Waals surface area contributed by atoms with E-state index >= 15 is 0 Å². The number of benzene rings is 9. The van der Waals surface area contributed by atoms with Gasteiger partial charge in [0.1, 0.15) is 0 Å². The van der Waals surface area contributed by atoms with Gasteiger partial charge in [-0.15, -0.1) is 0 Å². The third-order valence-electron chi connectivity index (χ3n) is 15.9. The monoisotopic (exact) mass is 1170 g/mol. The number of aryl methyl sites for hydroxylation is 6. The van der Waals surface area contributed by atoms with E-state index in [4.69, 9.17) is 0 Å². The Morgan fingerprint density at radius 3 is 1.46 bits per heavy atom. The van der Waals surface area contributed by atoms with Crippen LogP contribution in [0.25, 0.3) is 55.7 Å². The van der Waals surface area contributed by atoms with E-state index < -0.39 is 0 Å². The van der Waals surface area contributed by atoms with Gasteiger partial charge in [0.15, 0.2) is 0 Å². The third-order valence-corrected chi connectivity index (χ3v) is 15.9. The lowest BCUT2D eigenvalue weighted by Gasteiger charge is -2.17. The Bertz CT molecular complexity index is 3780. The first-order valence-corrected chi connectivity index (χ1v) is 32.7. The Labute approximate surface area is 540 Å². The topological polar surface area (TPSA) is 0 Å². The molecular weight excluding hydrogens is 1070 g/mol. The van der Waals surface area contributed by atoms with E-state index in [0.29, 0.717) is 0 Å². The molecule has 0 heteroatoms. The molecule has 458 valence electrons. The van der Waals surface area contributed by atoms with Gasteiger partial charge in [0.05, 0.1) is 0 Å². The minimum Gasteiger partial charge on any atom is -0.0991 e. The first-order chi connectivity index (χ1) is 43.4. The minimum atomic E-state index is 0.763. The van der Waals surface area contributed by atoms with Crippen molar-refractivity contribution in [3.63, 3.8) is 0 Å². The molecule has 0 bridgehead atoms. The maximum absolute atomic E-state index is 3.66. The number of hydrogen-bond acceptors (Lipinski definition) is 0. The fourth-order valence-electron chi connectivity index (χ4n) is 10.9. The zero-order chi connectivity index (χ0) is 64.5. The van der Waals surface area contributed by atoms with Crippen molar-refractivity contribution in [3.8, 4) is 44.5 Å². The van der Waals surface area contributed by atoms with Crippen LogP contribution < -0.4 is 0 Å². The Balaban J connectivity index is 0.000000236. The van der Waals surface area contributed by atoms with Crippen LogP contribution in [0.2, 0.25) is 0 Å². The number of allylic oxidation sites excluding steroid dienone is 13. The van der Waals surface area contributed by atoms with Crippen molar-refractivity contribution in [1.29, 1.82) is 0 Å². The van der Waals surface area contributed by atoms with Gasteiger partial charge in [0, 0.05) is 0 Å². The fourth-order valence-corrected chi connectivity index (χ4v) is 10.9. The highest BCUT2D eigenvalue weighted by atomic mass is 14.3. The molecule has 1 atom stereocenters. The van der Waals surface area contributed by atoms with E-state index in [1.807, 2.05) is 71.9 Å². The number of hydrogen-bond donors (Lipinski definition) is 0. The predicted octanol–water partition coefficient (Wildman–Crippen LogP) is 26.3. The molecule has 0 spiro atoms. The lowest BCUT2D eigenvalue weighted by molar-refractivity contribution is 0.731. The van der Waals surface area contributed by atoms with Crippen LogP contribution in [0.3, 0.4) is 0 Å². The van der Waals surface area contributed by atoms with Crippen LogP contribution >= 0.6 is 0 Å². The lowest BCUT2D eigenvalue weighted by atomic mass is 9.88. The molecule has 0 heterocycles. The van der Waals surface area contributed by atoms with Crippen molar-refractivity contribution in [3.05, 3.63) is 346 Å². The molecule has 0 N–H and O–H groups in total. The first kappa shape index (κ1) is 70.9. The van der Waals surface area contributed by atoms with Gasteiger partial charge in [0.2, 0.25) is 0 Å². The van der Waals surface area contributed by atoms with Crippen molar-refractivity contribution in [2.24, 2.45) is 5.92 Å². The summed E-state index contributed by atoms with van der Waals surface area (Å²) in [6.07, 6.45) is 22.8. The largest absolute Gasteiger partial charge is 0.0991 e. The molecule has 3 aliphatic rings. The molecule has 89 heavy (non-hydrogen) atoms. The molecule has 9 aromatic rings. The Morgan fingerprint density at radius 2 is 0.944 bits per heavy atom. The summed E-state index contributed by atoms with van der Waals surface area (Å²) in [7, 11) is 0. The van der Waals surface area contributed by atoms with E-state index in [-0.39, 0.29) is 0 Å². The molecular formula is C89H102. The van der Waals surface area contributed by atoms with E-state index in [1.165, 1.54) is 129 Å². The molecule has 3 aliphatic carbocycles. The molecule has 0 saturated carbocycles. The summed E-state index contributed by atoms with van der Waals surface area (Å²) >= 11 is 0. The first-order valence-electron chi connectivity index (χ1n) is 32.7. The molecule has 1 unspecified atom stereocenters. The molecule has 0 aliphatic heterocycles. The minimum absolute atomic E-state index is 0.763. The smallest absolute Gasteiger partial charge is 0.00290 e. The molecule has 0 fully saturated rings. The SMILES string of the molecule is C=C/C=C\C(=C/C)Cc1ccccc1.CC.CC.CC.CC1=CCC(C)C=C1.Cc1ccc(-c2ccccc2)cc1-c1cc(-c2ccc3c(c2)C2=C(CCC(c4ccccc4)=C2)C3)ccc1C.Cc1ccc(C)c(-c2ccccc2C)c1.Cc1ccccc1. The maximum atomic E-state index is 3.66. The quantitative estimate of drug-likeness (QED) is 0.126. The molecule has 0 radical (unpaired) electrons. The normalized spacial score (nSPS) is 13.2. The Hall–Kier alpha value is -8.84. The van der Waals surface area contributed by atoms with E-state index in [0.717, 1.165) is 31.6 Å². The zero-order valence-corrected chi connectivity index (χ0v) is 56.7. The highest BCUT2D eigenvalue weighted by Gasteiger charge is 2.25. The number of fused-ring (bicyclic) bond motifs is 2. The van der Waals surface area contributed by atoms with Crippen LogP contribution in [0, 0.1) is 47.5 Å². The van der Waals surface area contributed by atoms with Gasteiger partial charge in [-0.3, -0.25) is 0 Å². The van der Waals surface area contributed by atoms with Crippen molar-refractivity contribution in [1.82, 2.24) is 0 Å². The molecule has 0 aromatic heterocycles. The van der Waals surface area contributed by atoms with Crippen LogP contribution in [-0.2, 0) is 12.8 Å². The van der Waals surface area contributed by atoms with Gasteiger partial charge in [0.25, 0.3) is 0 Å². The van der Waals surface area contributed by atoms with Gasteiger partial charge in [-0.1, -0.05) is 326 Å². The Kier molecular flexibility index (Phi) is 30.6. The molecule has 12 rings (SSSR count). The van der Waals surface area contributed by atoms with Crippen LogP contribution in [0.15, 0.2) is 290 Å². The van der Waals surface area contributed by atoms with Crippen molar-refractivity contribution >= 4 is 11.1 Å². The molecule has 0 amide bonds. The van der Waals surface area contributed by atoms with Crippen LogP contribution in [0.5, 0.6) is 0 Å². The van der Waals surface area contributed by atoms with Gasteiger partial charge in [-0.05, 0) is 217 Å². The maximum Gasteiger partial charge on any atom is -0.00290 e. The third kappa shape index (κ3) is 21.8. The second-order valence-electron chi connectivity index (χ2n) is 22.5. The summed E-state index contributed by atoms with van der Waals surface area (Å²) in [4.78, 5) is 0. The van der Waals surface area contributed by atoms with E-state index in [1.54, 1.807) is 11.6 Å². The Morgan fingerprint density at radius 1 is 0.461 bits per heavy atom. The van der Waals surface area contributed by atoms with Crippen LogP contribution in [0.1, 0.15) is 137 Å². The molecule has 0 nitrogen and oxygen atoms in total. The summed E-state index contributed by atoms with van der Waals surface area (Å²) < 4.78 is 0. The lowest BCUT2D eigenvalue weighted by Crippen LogP contribution is -1.95. The van der Waals surface area contributed by atoms with Crippen molar-refractivity contribution < 1.29 is 0 Å². The predicted molar refractivity (Wildman–Crippen MR) is 398 cm³/mol. The highest BCUT2D eigenvalue weighted by Crippen LogP contribution is 2.44. The summed E-state index contributed by atoms with van der Waals surface area (Å²) in [5, 5.41) is 0. The van der Waals surface area contributed by atoms with Crippen molar-refractivity contribution in [2.45, 2.75) is 136 Å². The summed E-state index contributed by atoms with van der Waals surface area (Å²) in [6, 6.07) is 78.4. The summed E-state index contributed by atoms with van der Waals surface area (Å²) in [6.45, 7) is 35.1. The van der Waals surface area contributed by atoms with Crippen LogP contribution in [-0.4, -0.2) is 0 Å². The second-order valence-corrected chi connectivity index (χ2v) is 22.5. The summed E-state index contributed by atoms with van der Waals surface area (Å²) in [5.41, 5.74) is 31.1. The second kappa shape index (κ2) is 38.4. The number of rotatable bonds is 9. The van der Waals surface area contributed by atoms with E-state index in [9.17, 15) is 0 Å². The standard InChI is InChI=1S/C39H32.C15H16.C14H16.C8H12.C7H8.3C2H6/c1-26-13-15-30(28-9-5-3-6-10-28)22-36(26)37-23-32(16-14-27(37)2)33-18-20-35-21-34-19-17-31(24-38(34)39(35)25-33)29-11-7-4-8-12-29;1-11-8-9-13(3)15(10-11)14-7-5-4-6-12(14)2;1-3-5-9-13(4-2)12-14-10-7-6-8-11-14;1-7-3-5-8(2)6-4-7;1-7-5-3-2-4-6-7;3*1-2/h3-16,18,20,22-25H,17,19,21H2,1-2H3;4-10H,1-3H3;3-11H,1,12H2,2H3;3-5,8H,6H2,1-2H3;2-6H,1H3;3*1-2H3/b;;9-5-,13-4+;;;;;. The van der Waals surface area contributed by atoms with Gasteiger partial charge in [-0.25, -0.2) is 0 Å². The molecule has 0 saturated heterocycles. The fraction of sp³-hybridized carbons (Fsp3) is 0.236. The zero-order valence-electron chi connectivity index (χ0n) is 56.7. The average molecular weight is 1170 g/mol. The molecule has 9 aromatic carbocycles. The van der Waals surface area contributed by atoms with E-state index in [2.05, 4.69) is 299 Å².